The molecule has 0 aromatic heterocycles. The van der Waals surface area contributed by atoms with Crippen molar-refractivity contribution >= 4 is 34.8 Å². The summed E-state index contributed by atoms with van der Waals surface area (Å²) in [6.45, 7) is 2.51. The lowest BCUT2D eigenvalue weighted by Gasteiger charge is -2.38. The quantitative estimate of drug-likeness (QED) is 0.660. The molecule has 3 atom stereocenters. The molecule has 2 aliphatic heterocycles. The first-order chi connectivity index (χ1) is 14.1. The second-order valence-electron chi connectivity index (χ2n) is 7.85. The molecule has 2 heterocycles. The molecule has 2 aromatic rings. The van der Waals surface area contributed by atoms with Gasteiger partial charge in [0.1, 0.15) is 0 Å². The van der Waals surface area contributed by atoms with Crippen LogP contribution in [-0.4, -0.2) is 37.1 Å². The normalized spacial score (nSPS) is 25.3. The third kappa shape index (κ3) is 3.43. The number of fused-ring (bicyclic) bond motifs is 3. The molecule has 2 aromatic carbocycles. The fourth-order valence-corrected chi connectivity index (χ4v) is 5.26. The average Bonchev–Trinajstić information content (AvgIpc) is 3.23. The molecule has 1 N–H and O–H groups in total. The molecule has 0 spiro atoms. The first-order valence-electron chi connectivity index (χ1n) is 10.0. The maximum absolute atomic E-state index is 12.9. The summed E-state index contributed by atoms with van der Waals surface area (Å²) in [7, 11) is 0. The van der Waals surface area contributed by atoms with E-state index in [2.05, 4.69) is 23.5 Å². The molecule has 3 unspecified atom stereocenters. The van der Waals surface area contributed by atoms with Crippen LogP contribution in [0.2, 0.25) is 10.0 Å². The van der Waals surface area contributed by atoms with Gasteiger partial charge in [-0.1, -0.05) is 41.4 Å². The summed E-state index contributed by atoms with van der Waals surface area (Å²) in [5, 5.41) is 5.00. The molecule has 3 aliphatic rings. The summed E-state index contributed by atoms with van der Waals surface area (Å²) in [6.07, 6.45) is 5.48. The van der Waals surface area contributed by atoms with Gasteiger partial charge in [0.25, 0.3) is 5.91 Å². The SMILES string of the molecule is O=C(c1ccc2c(c1)C1C=CCC1C(c1ccc(Cl)cc1Cl)N2)N1CCOCC1. The number of benzene rings is 2. The monoisotopic (exact) mass is 428 g/mol. The number of amides is 1. The minimum atomic E-state index is 0.0810. The van der Waals surface area contributed by atoms with Gasteiger partial charge < -0.3 is 15.0 Å². The number of allylic oxidation sites excluding steroid dienone is 2. The maximum atomic E-state index is 12.9. The van der Waals surface area contributed by atoms with E-state index in [-0.39, 0.29) is 17.9 Å². The van der Waals surface area contributed by atoms with E-state index in [9.17, 15) is 4.79 Å². The van der Waals surface area contributed by atoms with Gasteiger partial charge in [-0.2, -0.15) is 0 Å². The van der Waals surface area contributed by atoms with Gasteiger partial charge in [-0.05, 0) is 53.8 Å². The smallest absolute Gasteiger partial charge is 0.254 e. The molecule has 1 aliphatic carbocycles. The number of hydrogen-bond donors (Lipinski definition) is 1. The number of hydrogen-bond acceptors (Lipinski definition) is 3. The van der Waals surface area contributed by atoms with Crippen molar-refractivity contribution in [1.29, 1.82) is 0 Å². The van der Waals surface area contributed by atoms with Gasteiger partial charge >= 0.3 is 0 Å². The molecule has 6 heteroatoms. The van der Waals surface area contributed by atoms with Crippen LogP contribution in [0.5, 0.6) is 0 Å². The van der Waals surface area contributed by atoms with Crippen LogP contribution in [0.4, 0.5) is 5.69 Å². The number of nitrogens with zero attached hydrogens (tertiary/aromatic N) is 1. The van der Waals surface area contributed by atoms with E-state index in [0.29, 0.717) is 42.3 Å². The Morgan fingerprint density at radius 3 is 2.69 bits per heavy atom. The van der Waals surface area contributed by atoms with E-state index in [0.717, 1.165) is 23.2 Å². The first kappa shape index (κ1) is 19.0. The van der Waals surface area contributed by atoms with Crippen molar-refractivity contribution in [2.45, 2.75) is 18.4 Å². The topological polar surface area (TPSA) is 41.6 Å². The van der Waals surface area contributed by atoms with Crippen LogP contribution in [0.25, 0.3) is 0 Å². The van der Waals surface area contributed by atoms with Crippen molar-refractivity contribution in [3.63, 3.8) is 0 Å². The lowest BCUT2D eigenvalue weighted by Crippen LogP contribution is -2.40. The fraction of sp³-hybridized carbons (Fsp3) is 0.348. The summed E-state index contributed by atoms with van der Waals surface area (Å²) < 4.78 is 5.37. The maximum Gasteiger partial charge on any atom is 0.254 e. The number of carbonyl (C=O) groups excluding carboxylic acids is 1. The highest BCUT2D eigenvalue weighted by Crippen LogP contribution is 2.51. The molecule has 5 rings (SSSR count). The van der Waals surface area contributed by atoms with Crippen LogP contribution in [0.1, 0.15) is 39.9 Å². The Labute approximate surface area is 180 Å². The van der Waals surface area contributed by atoms with Crippen LogP contribution in [0.15, 0.2) is 48.6 Å². The van der Waals surface area contributed by atoms with E-state index in [1.54, 1.807) is 6.07 Å². The zero-order chi connectivity index (χ0) is 20.0. The number of carbonyl (C=O) groups is 1. The molecule has 29 heavy (non-hydrogen) atoms. The van der Waals surface area contributed by atoms with Gasteiger partial charge in [0.05, 0.1) is 19.3 Å². The van der Waals surface area contributed by atoms with E-state index in [4.69, 9.17) is 27.9 Å². The Balaban J connectivity index is 1.48. The Bertz CT molecular complexity index is 985. The number of anilines is 1. The van der Waals surface area contributed by atoms with Crippen LogP contribution < -0.4 is 5.32 Å². The van der Waals surface area contributed by atoms with E-state index < -0.39 is 0 Å². The number of nitrogens with one attached hydrogen (secondary N) is 1. The second-order valence-corrected chi connectivity index (χ2v) is 8.69. The van der Waals surface area contributed by atoms with Gasteiger partial charge in [0.2, 0.25) is 0 Å². The lowest BCUT2D eigenvalue weighted by molar-refractivity contribution is 0.0303. The minimum Gasteiger partial charge on any atom is -0.378 e. The molecular formula is C23H22Cl2N2O2. The molecule has 4 nitrogen and oxygen atoms in total. The van der Waals surface area contributed by atoms with Gasteiger partial charge in [-0.15, -0.1) is 0 Å². The van der Waals surface area contributed by atoms with Gasteiger partial charge in [0, 0.05) is 40.3 Å². The summed E-state index contributed by atoms with van der Waals surface area (Å²) >= 11 is 12.6. The molecular weight excluding hydrogens is 407 g/mol. The molecule has 0 radical (unpaired) electrons. The highest BCUT2D eigenvalue weighted by atomic mass is 35.5. The van der Waals surface area contributed by atoms with Crippen molar-refractivity contribution in [3.05, 3.63) is 75.3 Å². The Morgan fingerprint density at radius 2 is 1.90 bits per heavy atom. The predicted octanol–water partition coefficient (Wildman–Crippen LogP) is 5.29. The summed E-state index contributed by atoms with van der Waals surface area (Å²) in [6, 6.07) is 11.8. The van der Waals surface area contributed by atoms with Crippen LogP contribution in [0, 0.1) is 5.92 Å². The zero-order valence-electron chi connectivity index (χ0n) is 15.9. The highest BCUT2D eigenvalue weighted by molar-refractivity contribution is 6.35. The van der Waals surface area contributed by atoms with Crippen molar-refractivity contribution in [1.82, 2.24) is 4.90 Å². The summed E-state index contributed by atoms with van der Waals surface area (Å²) in [5.74, 6) is 0.702. The zero-order valence-corrected chi connectivity index (χ0v) is 17.4. The molecule has 150 valence electrons. The van der Waals surface area contributed by atoms with Crippen LogP contribution >= 0.6 is 23.2 Å². The third-order valence-electron chi connectivity index (χ3n) is 6.21. The van der Waals surface area contributed by atoms with E-state index in [1.165, 1.54) is 5.56 Å². The Hall–Kier alpha value is -2.01. The summed E-state index contributed by atoms with van der Waals surface area (Å²) in [4.78, 5) is 14.8. The third-order valence-corrected chi connectivity index (χ3v) is 6.77. The number of morpholine rings is 1. The lowest BCUT2D eigenvalue weighted by atomic mass is 9.76. The van der Waals surface area contributed by atoms with Crippen molar-refractivity contribution in [2.24, 2.45) is 5.92 Å². The summed E-state index contributed by atoms with van der Waals surface area (Å²) in [5.41, 5.74) is 4.06. The number of rotatable bonds is 2. The molecule has 0 saturated carbocycles. The predicted molar refractivity (Wildman–Crippen MR) is 116 cm³/mol. The van der Waals surface area contributed by atoms with Crippen LogP contribution in [0.3, 0.4) is 0 Å². The van der Waals surface area contributed by atoms with Crippen molar-refractivity contribution < 1.29 is 9.53 Å². The minimum absolute atomic E-state index is 0.0810. The average molecular weight is 429 g/mol. The first-order valence-corrected chi connectivity index (χ1v) is 10.8. The standard InChI is InChI=1S/C23H22Cl2N2O2/c24-15-5-6-18(20(25)13-15)22-17-3-1-2-16(17)19-12-14(4-7-21(19)26-22)23(28)27-8-10-29-11-9-27/h1-2,4-7,12-13,16-17,22,26H,3,8-11H2. The highest BCUT2D eigenvalue weighted by Gasteiger charge is 2.39. The van der Waals surface area contributed by atoms with Gasteiger partial charge in [-0.3, -0.25) is 4.79 Å². The largest absolute Gasteiger partial charge is 0.378 e. The Kier molecular flexibility index (Phi) is 5.02. The number of halogens is 2. The molecule has 1 fully saturated rings. The molecule has 1 saturated heterocycles. The second kappa shape index (κ2) is 7.67. The molecule has 1 amide bonds. The van der Waals surface area contributed by atoms with Gasteiger partial charge in [0.15, 0.2) is 0 Å². The van der Waals surface area contributed by atoms with E-state index in [1.807, 2.05) is 29.2 Å². The number of ether oxygens (including phenoxy) is 1. The fourth-order valence-electron chi connectivity index (χ4n) is 4.74. The van der Waals surface area contributed by atoms with Crippen LogP contribution in [-0.2, 0) is 4.74 Å². The van der Waals surface area contributed by atoms with Crippen molar-refractivity contribution in [3.8, 4) is 0 Å². The molecule has 0 bridgehead atoms. The Morgan fingerprint density at radius 1 is 1.07 bits per heavy atom. The van der Waals surface area contributed by atoms with E-state index >= 15 is 0 Å². The van der Waals surface area contributed by atoms with Gasteiger partial charge in [-0.25, -0.2) is 0 Å². The van der Waals surface area contributed by atoms with Crippen molar-refractivity contribution in [2.75, 3.05) is 31.6 Å².